The highest BCUT2D eigenvalue weighted by Gasteiger charge is 2.28. The van der Waals surface area contributed by atoms with Gasteiger partial charge in [0, 0.05) is 26.1 Å². The molecule has 166 valence electrons. The molecule has 0 radical (unpaired) electrons. The molecule has 2 aliphatic heterocycles. The van der Waals surface area contributed by atoms with Gasteiger partial charge in [-0.3, -0.25) is 14.3 Å². The van der Waals surface area contributed by atoms with E-state index in [4.69, 9.17) is 16.2 Å². The first-order valence-corrected chi connectivity index (χ1v) is 10.3. The first-order chi connectivity index (χ1) is 14.8. The first-order valence-electron chi connectivity index (χ1n) is 10.3. The Kier molecular flexibility index (Phi) is 6.94. The van der Waals surface area contributed by atoms with Crippen molar-refractivity contribution in [3.63, 3.8) is 0 Å². The van der Waals surface area contributed by atoms with E-state index in [0.29, 0.717) is 30.9 Å². The summed E-state index contributed by atoms with van der Waals surface area (Å²) in [6.45, 7) is 5.71. The number of nitrogens with two attached hydrogens (primary N) is 2. The molecular weight excluding hydrogens is 401 g/mol. The highest BCUT2D eigenvalue weighted by Crippen LogP contribution is 2.34. The smallest absolute Gasteiger partial charge is 0.254 e. The van der Waals surface area contributed by atoms with Gasteiger partial charge in [-0.05, 0) is 55.5 Å². The number of likely N-dealkylation sites (tertiary alicyclic amines) is 1. The van der Waals surface area contributed by atoms with E-state index in [1.165, 1.54) is 22.9 Å². The van der Waals surface area contributed by atoms with Crippen molar-refractivity contribution in [2.45, 2.75) is 31.6 Å². The number of hydrogen-bond acceptors (Lipinski definition) is 5. The van der Waals surface area contributed by atoms with Crippen LogP contribution in [0.5, 0.6) is 5.75 Å². The van der Waals surface area contributed by atoms with Crippen LogP contribution in [0.1, 0.15) is 46.8 Å². The third kappa shape index (κ3) is 5.04. The van der Waals surface area contributed by atoms with Gasteiger partial charge in [0.15, 0.2) is 0 Å². The zero-order chi connectivity index (χ0) is 22.5. The Morgan fingerprint density at radius 2 is 2.03 bits per heavy atom. The average Bonchev–Trinajstić information content (AvgIpc) is 3.32. The lowest BCUT2D eigenvalue weighted by atomic mass is 9.91. The Bertz CT molecular complexity index is 982. The van der Waals surface area contributed by atoms with Gasteiger partial charge in [0.2, 0.25) is 5.91 Å². The molecule has 4 N–H and O–H groups in total. The van der Waals surface area contributed by atoms with E-state index < -0.39 is 5.91 Å². The van der Waals surface area contributed by atoms with Crippen LogP contribution in [0.2, 0.25) is 0 Å². The summed E-state index contributed by atoms with van der Waals surface area (Å²) in [5, 5.41) is 4.33. The fourth-order valence-corrected chi connectivity index (χ4v) is 3.92. The lowest BCUT2D eigenvalue weighted by Gasteiger charge is -2.12. The van der Waals surface area contributed by atoms with Gasteiger partial charge in [0.25, 0.3) is 5.91 Å². The van der Waals surface area contributed by atoms with Crippen molar-refractivity contribution in [3.05, 3.63) is 53.5 Å². The highest BCUT2D eigenvalue weighted by molar-refractivity contribution is 5.98. The van der Waals surface area contributed by atoms with Gasteiger partial charge in [0.1, 0.15) is 22.9 Å². The van der Waals surface area contributed by atoms with Crippen molar-refractivity contribution < 1.29 is 18.7 Å². The Morgan fingerprint density at radius 3 is 2.68 bits per heavy atom. The van der Waals surface area contributed by atoms with Crippen molar-refractivity contribution in [2.75, 3.05) is 25.4 Å². The van der Waals surface area contributed by atoms with Gasteiger partial charge in [-0.15, -0.1) is 0 Å². The van der Waals surface area contributed by atoms with E-state index in [0.717, 1.165) is 31.5 Å². The molecule has 2 amide bonds. The van der Waals surface area contributed by atoms with Gasteiger partial charge in [-0.25, -0.2) is 4.39 Å². The van der Waals surface area contributed by atoms with Crippen molar-refractivity contribution >= 4 is 17.6 Å². The molecule has 9 heteroatoms. The van der Waals surface area contributed by atoms with Crippen LogP contribution >= 0.6 is 0 Å². The minimum atomic E-state index is -0.606. The number of anilines is 1. The number of aromatic nitrogens is 2. The number of nitrogens with zero attached hydrogens (tertiary/aromatic N) is 3. The topological polar surface area (TPSA) is 116 Å². The zero-order valence-corrected chi connectivity index (χ0v) is 17.6. The van der Waals surface area contributed by atoms with Gasteiger partial charge >= 0.3 is 0 Å². The second kappa shape index (κ2) is 9.63. The molecule has 1 atom stereocenters. The lowest BCUT2D eigenvalue weighted by Crippen LogP contribution is -2.25. The van der Waals surface area contributed by atoms with Crippen LogP contribution in [0.4, 0.5) is 10.2 Å². The van der Waals surface area contributed by atoms with Crippen molar-refractivity contribution in [2.24, 2.45) is 12.8 Å². The van der Waals surface area contributed by atoms with E-state index in [9.17, 15) is 14.0 Å². The number of halogens is 1. The Balaban J connectivity index is 0.000000254. The number of nitrogen functional groups attached to an aromatic ring is 1. The highest BCUT2D eigenvalue weighted by atomic mass is 19.1. The number of carbonyl (C=O) groups excluding carboxylic acids is 2. The van der Waals surface area contributed by atoms with Crippen molar-refractivity contribution in [1.82, 2.24) is 14.7 Å². The van der Waals surface area contributed by atoms with E-state index in [1.807, 2.05) is 4.90 Å². The predicted octanol–water partition coefficient (Wildman–Crippen LogP) is 2.14. The minimum absolute atomic E-state index is 0.0764. The molecule has 8 nitrogen and oxygen atoms in total. The van der Waals surface area contributed by atoms with Gasteiger partial charge in [-0.1, -0.05) is 6.58 Å². The zero-order valence-electron chi connectivity index (χ0n) is 17.6. The molecule has 0 bridgehead atoms. The Labute approximate surface area is 180 Å². The molecule has 4 rings (SSSR count). The second-order valence-corrected chi connectivity index (χ2v) is 7.66. The number of benzene rings is 1. The van der Waals surface area contributed by atoms with E-state index in [-0.39, 0.29) is 29.0 Å². The van der Waals surface area contributed by atoms with E-state index in [2.05, 4.69) is 11.7 Å². The largest absolute Gasteiger partial charge is 0.493 e. The maximum atomic E-state index is 13.5. The van der Waals surface area contributed by atoms with Crippen LogP contribution in [0.15, 0.2) is 30.9 Å². The number of hydrogen-bond donors (Lipinski definition) is 2. The molecule has 2 aromatic rings. The molecule has 1 unspecified atom stereocenters. The molecule has 3 heterocycles. The number of carbonyl (C=O) groups is 2. The fourth-order valence-electron chi connectivity index (χ4n) is 3.92. The van der Waals surface area contributed by atoms with Crippen LogP contribution in [0.3, 0.4) is 0 Å². The lowest BCUT2D eigenvalue weighted by molar-refractivity contribution is -0.124. The molecule has 31 heavy (non-hydrogen) atoms. The summed E-state index contributed by atoms with van der Waals surface area (Å²) < 4.78 is 20.5. The average molecular weight is 429 g/mol. The summed E-state index contributed by atoms with van der Waals surface area (Å²) in [4.78, 5) is 24.3. The van der Waals surface area contributed by atoms with Gasteiger partial charge in [-0.2, -0.15) is 5.10 Å². The third-order valence-corrected chi connectivity index (χ3v) is 5.56. The molecule has 1 fully saturated rings. The summed E-state index contributed by atoms with van der Waals surface area (Å²) in [5.41, 5.74) is 12.9. The van der Waals surface area contributed by atoms with Crippen molar-refractivity contribution in [3.8, 4) is 5.75 Å². The van der Waals surface area contributed by atoms with Gasteiger partial charge in [0.05, 0.1) is 12.3 Å². The van der Waals surface area contributed by atoms with Gasteiger partial charge < -0.3 is 21.1 Å². The van der Waals surface area contributed by atoms with E-state index in [1.54, 1.807) is 13.1 Å². The molecule has 0 saturated carbocycles. The van der Waals surface area contributed by atoms with Crippen LogP contribution < -0.4 is 16.2 Å². The first kappa shape index (κ1) is 22.3. The normalized spacial score (nSPS) is 17.6. The third-order valence-electron chi connectivity index (χ3n) is 5.56. The maximum absolute atomic E-state index is 13.5. The molecule has 2 aliphatic rings. The number of ether oxygens (including phenoxy) is 1. The molecular formula is C22H28FN5O3. The number of aryl methyl sites for hydroxylation is 1. The summed E-state index contributed by atoms with van der Waals surface area (Å²) in [6, 6.07) is 4.44. The maximum Gasteiger partial charge on any atom is 0.254 e. The monoisotopic (exact) mass is 429 g/mol. The van der Waals surface area contributed by atoms with Crippen LogP contribution in [0, 0.1) is 5.82 Å². The summed E-state index contributed by atoms with van der Waals surface area (Å²) in [5.74, 6) is -0.0500. The SMILES string of the molecule is C=CC(=O)N1CCCC1.Cn1nc(C2CCOc3ccc(F)cc3C2)c(C(N)=O)c1N. The molecule has 1 aromatic carbocycles. The molecule has 0 spiro atoms. The number of rotatable bonds is 3. The quantitative estimate of drug-likeness (QED) is 0.725. The molecule has 1 aromatic heterocycles. The molecule has 0 aliphatic carbocycles. The Morgan fingerprint density at radius 1 is 1.32 bits per heavy atom. The summed E-state index contributed by atoms with van der Waals surface area (Å²) in [6.07, 6.45) is 4.85. The summed E-state index contributed by atoms with van der Waals surface area (Å²) >= 11 is 0. The van der Waals surface area contributed by atoms with E-state index >= 15 is 0 Å². The molecule has 1 saturated heterocycles. The predicted molar refractivity (Wildman–Crippen MR) is 115 cm³/mol. The number of amides is 2. The van der Waals surface area contributed by atoms with Crippen molar-refractivity contribution in [1.29, 1.82) is 0 Å². The number of fused-ring (bicyclic) bond motifs is 1. The standard InChI is InChI=1S/C15H17FN4O2.C7H11NO/c1-20-14(17)12(15(18)21)13(19-20)8-4-5-22-11-3-2-10(16)7-9(11)6-8;1-2-7(9)8-5-3-4-6-8/h2-3,7-8H,4-6,17H2,1H3,(H2,18,21);2H,1,3-6H2. The second-order valence-electron chi connectivity index (χ2n) is 7.66. The minimum Gasteiger partial charge on any atom is -0.493 e. The van der Waals surface area contributed by atoms with Crippen LogP contribution in [-0.2, 0) is 18.3 Å². The number of primary amides is 1. The summed E-state index contributed by atoms with van der Waals surface area (Å²) in [7, 11) is 1.66. The Hall–Kier alpha value is -3.36. The van der Waals surface area contributed by atoms with Crippen LogP contribution in [0.25, 0.3) is 0 Å². The fraction of sp³-hybridized carbons (Fsp3) is 0.409. The van der Waals surface area contributed by atoms with Crippen LogP contribution in [-0.4, -0.2) is 46.2 Å².